The number of halogens is 6. The summed E-state index contributed by atoms with van der Waals surface area (Å²) in [6.07, 6.45) is -7.14. The van der Waals surface area contributed by atoms with Gasteiger partial charge in [0.05, 0.1) is 17.2 Å². The molecule has 4 rings (SSSR count). The molecule has 1 aliphatic heterocycles. The number of amides is 1. The summed E-state index contributed by atoms with van der Waals surface area (Å²) in [4.78, 5) is 12.0. The Morgan fingerprint density at radius 1 is 1.03 bits per heavy atom. The lowest BCUT2D eigenvalue weighted by molar-refractivity contribution is -0.143. The fraction of sp³-hybridized carbons (Fsp3) is 0.500. The van der Waals surface area contributed by atoms with Gasteiger partial charge in [-0.2, -0.15) is 26.3 Å². The first kappa shape index (κ1) is 28.9. The predicted molar refractivity (Wildman–Crippen MR) is 124 cm³/mol. The topological polar surface area (TPSA) is 70.6 Å². The van der Waals surface area contributed by atoms with Gasteiger partial charge in [0.1, 0.15) is 0 Å². The zero-order valence-electron chi connectivity index (χ0n) is 20.4. The van der Waals surface area contributed by atoms with Gasteiger partial charge in [-0.05, 0) is 61.9 Å². The molecule has 2 fully saturated rings. The SMILES string of the molecule is CO[C@H](C)c1cc(C(F)(F)F)cc(C(F)(F)F)c1.O=C(NC1CC1)C1(O)CCC(c2ccccc2)NC1. The maximum atomic E-state index is 12.5. The van der Waals surface area contributed by atoms with E-state index in [-0.39, 0.29) is 23.6 Å². The molecule has 11 heteroatoms. The van der Waals surface area contributed by atoms with Crippen molar-refractivity contribution in [3.05, 3.63) is 70.8 Å². The summed E-state index contributed by atoms with van der Waals surface area (Å²) in [6.45, 7) is 1.70. The molecule has 0 radical (unpaired) electrons. The quantitative estimate of drug-likeness (QED) is 0.442. The largest absolute Gasteiger partial charge is 0.416 e. The Kier molecular flexibility index (Phi) is 8.92. The van der Waals surface area contributed by atoms with Crippen molar-refractivity contribution < 1.29 is 41.0 Å². The summed E-state index contributed by atoms with van der Waals surface area (Å²) < 4.78 is 79.7. The molecular weight excluding hydrogens is 502 g/mol. The average Bonchev–Trinajstić information content (AvgIpc) is 3.67. The molecule has 1 saturated heterocycles. The number of carbonyl (C=O) groups is 1. The maximum Gasteiger partial charge on any atom is 0.416 e. The van der Waals surface area contributed by atoms with E-state index >= 15 is 0 Å². The second-order valence-corrected chi connectivity index (χ2v) is 9.38. The van der Waals surface area contributed by atoms with Gasteiger partial charge >= 0.3 is 12.4 Å². The van der Waals surface area contributed by atoms with Gasteiger partial charge in [0, 0.05) is 25.7 Å². The van der Waals surface area contributed by atoms with E-state index in [4.69, 9.17) is 4.74 Å². The number of aliphatic hydroxyl groups is 1. The Hall–Kier alpha value is -2.63. The van der Waals surface area contributed by atoms with Crippen LogP contribution in [0, 0.1) is 0 Å². The van der Waals surface area contributed by atoms with Gasteiger partial charge in [-0.1, -0.05) is 30.3 Å². The van der Waals surface area contributed by atoms with Crippen molar-refractivity contribution in [1.82, 2.24) is 10.6 Å². The van der Waals surface area contributed by atoms with Crippen LogP contribution in [0.2, 0.25) is 0 Å². The van der Waals surface area contributed by atoms with E-state index in [2.05, 4.69) is 22.8 Å². The van der Waals surface area contributed by atoms with Crippen LogP contribution in [0.15, 0.2) is 48.5 Å². The van der Waals surface area contributed by atoms with Gasteiger partial charge in [0.15, 0.2) is 5.60 Å². The molecule has 204 valence electrons. The van der Waals surface area contributed by atoms with Crippen molar-refractivity contribution in [3.8, 4) is 0 Å². The van der Waals surface area contributed by atoms with Crippen LogP contribution in [-0.2, 0) is 21.9 Å². The van der Waals surface area contributed by atoms with Crippen LogP contribution >= 0.6 is 0 Å². The molecule has 3 N–H and O–H groups in total. The maximum absolute atomic E-state index is 12.5. The van der Waals surface area contributed by atoms with Crippen LogP contribution in [-0.4, -0.2) is 36.3 Å². The number of alkyl halides is 6. The van der Waals surface area contributed by atoms with Crippen molar-refractivity contribution in [2.75, 3.05) is 13.7 Å². The summed E-state index contributed by atoms with van der Waals surface area (Å²) in [5, 5.41) is 16.6. The number of methoxy groups -OCH3 is 1. The molecule has 0 spiro atoms. The third-order valence-electron chi connectivity index (χ3n) is 6.46. The molecular formula is C26H30F6N2O3. The van der Waals surface area contributed by atoms with Gasteiger partial charge in [-0.3, -0.25) is 4.79 Å². The second kappa shape index (κ2) is 11.4. The van der Waals surface area contributed by atoms with E-state index in [0.29, 0.717) is 31.1 Å². The van der Waals surface area contributed by atoms with E-state index in [0.717, 1.165) is 19.3 Å². The van der Waals surface area contributed by atoms with Crippen molar-refractivity contribution in [1.29, 1.82) is 0 Å². The third kappa shape index (κ3) is 7.93. The first-order valence-corrected chi connectivity index (χ1v) is 11.9. The van der Waals surface area contributed by atoms with Gasteiger partial charge in [0.25, 0.3) is 5.91 Å². The lowest BCUT2D eigenvalue weighted by Gasteiger charge is -2.36. The van der Waals surface area contributed by atoms with Gasteiger partial charge < -0.3 is 20.5 Å². The molecule has 3 atom stereocenters. The molecule has 0 bridgehead atoms. The molecule has 1 heterocycles. The first-order chi connectivity index (χ1) is 17.2. The number of ether oxygens (including phenoxy) is 1. The van der Waals surface area contributed by atoms with Crippen molar-refractivity contribution in [2.24, 2.45) is 0 Å². The summed E-state index contributed by atoms with van der Waals surface area (Å²) in [5.41, 5.74) is -2.87. The standard InChI is InChI=1S/C15H20N2O2.C11H10F6O/c18-14(17-12-6-7-12)15(19)9-8-13(16-10-15)11-4-2-1-3-5-11;1-6(18-2)7-3-8(10(12,13)14)5-9(4-7)11(15,16)17/h1-5,12-13,16,19H,6-10H2,(H,17,18);3-6H,1-2H3/t;6-/m.1/s1. The highest BCUT2D eigenvalue weighted by atomic mass is 19.4. The number of piperidine rings is 1. The lowest BCUT2D eigenvalue weighted by atomic mass is 9.87. The van der Waals surface area contributed by atoms with Crippen LogP contribution in [0.3, 0.4) is 0 Å². The van der Waals surface area contributed by atoms with Gasteiger partial charge in [-0.15, -0.1) is 0 Å². The van der Waals surface area contributed by atoms with Gasteiger partial charge in [-0.25, -0.2) is 0 Å². The zero-order chi connectivity index (χ0) is 27.4. The number of hydrogen-bond donors (Lipinski definition) is 3. The first-order valence-electron chi connectivity index (χ1n) is 11.9. The number of hydrogen-bond acceptors (Lipinski definition) is 4. The molecule has 2 aliphatic rings. The number of nitrogens with one attached hydrogen (secondary N) is 2. The Bertz CT molecular complexity index is 1010. The van der Waals surface area contributed by atoms with E-state index < -0.39 is 35.2 Å². The molecule has 2 unspecified atom stereocenters. The van der Waals surface area contributed by atoms with Crippen LogP contribution in [0.5, 0.6) is 0 Å². The summed E-state index contributed by atoms with van der Waals surface area (Å²) in [5.74, 6) is -0.214. The number of β-amino-alcohol motifs (C(OH)–C–C–N with tert-alkyl or cyclic N) is 1. The molecule has 0 aromatic heterocycles. The minimum atomic E-state index is -4.83. The van der Waals surface area contributed by atoms with E-state index in [1.54, 1.807) is 0 Å². The normalized spacial score (nSPS) is 23.0. The van der Waals surface area contributed by atoms with E-state index in [1.165, 1.54) is 19.6 Å². The van der Waals surface area contributed by atoms with Crippen molar-refractivity contribution in [2.45, 2.75) is 68.7 Å². The molecule has 1 aliphatic carbocycles. The van der Waals surface area contributed by atoms with Crippen LogP contribution in [0.25, 0.3) is 0 Å². The van der Waals surface area contributed by atoms with Crippen molar-refractivity contribution in [3.63, 3.8) is 0 Å². The van der Waals surface area contributed by atoms with Crippen LogP contribution in [0.1, 0.15) is 67.0 Å². The smallest absolute Gasteiger partial charge is 0.379 e. The number of rotatable bonds is 5. The molecule has 1 saturated carbocycles. The number of benzene rings is 2. The fourth-order valence-electron chi connectivity index (χ4n) is 3.93. The van der Waals surface area contributed by atoms with E-state index in [9.17, 15) is 36.2 Å². The molecule has 2 aromatic carbocycles. The third-order valence-corrected chi connectivity index (χ3v) is 6.46. The van der Waals surface area contributed by atoms with Crippen LogP contribution in [0.4, 0.5) is 26.3 Å². The average molecular weight is 533 g/mol. The van der Waals surface area contributed by atoms with Crippen LogP contribution < -0.4 is 10.6 Å². The summed E-state index contributed by atoms with van der Waals surface area (Å²) >= 11 is 0. The van der Waals surface area contributed by atoms with Crippen molar-refractivity contribution >= 4 is 5.91 Å². The Labute approximate surface area is 211 Å². The number of carbonyl (C=O) groups excluding carboxylic acids is 1. The zero-order valence-corrected chi connectivity index (χ0v) is 20.4. The predicted octanol–water partition coefficient (Wildman–Crippen LogP) is 5.55. The highest BCUT2D eigenvalue weighted by Gasteiger charge is 2.42. The second-order valence-electron chi connectivity index (χ2n) is 9.38. The molecule has 5 nitrogen and oxygen atoms in total. The van der Waals surface area contributed by atoms with E-state index in [1.807, 2.05) is 18.2 Å². The molecule has 1 amide bonds. The fourth-order valence-corrected chi connectivity index (χ4v) is 3.93. The monoisotopic (exact) mass is 532 g/mol. The Morgan fingerprint density at radius 2 is 1.59 bits per heavy atom. The van der Waals surface area contributed by atoms with Gasteiger partial charge in [0.2, 0.25) is 0 Å². The highest BCUT2D eigenvalue weighted by molar-refractivity contribution is 5.85. The molecule has 2 aromatic rings. The highest BCUT2D eigenvalue weighted by Crippen LogP contribution is 2.37. The minimum absolute atomic E-state index is 0.0892. The Morgan fingerprint density at radius 3 is 2.03 bits per heavy atom. The summed E-state index contributed by atoms with van der Waals surface area (Å²) in [7, 11) is 1.21. The summed E-state index contributed by atoms with van der Waals surface area (Å²) in [6, 6.07) is 12.1. The minimum Gasteiger partial charge on any atom is -0.379 e. The lowest BCUT2D eigenvalue weighted by Crippen LogP contribution is -2.56. The Balaban J connectivity index is 0.000000206. The molecule has 37 heavy (non-hydrogen) atoms.